The average Bonchev–Trinajstić information content (AvgIpc) is 2.90. The van der Waals surface area contributed by atoms with Crippen molar-refractivity contribution < 1.29 is 27.8 Å². The first-order chi connectivity index (χ1) is 9.58. The Bertz CT molecular complexity index is 347. The summed E-state index contributed by atoms with van der Waals surface area (Å²) in [5.74, 6) is -0.574. The van der Waals surface area contributed by atoms with E-state index < -0.39 is 36.2 Å². The van der Waals surface area contributed by atoms with Crippen LogP contribution in [0.1, 0.15) is 59.3 Å². The van der Waals surface area contributed by atoms with Gasteiger partial charge in [-0.25, -0.2) is 0 Å². The topological polar surface area (TPSA) is 46.5 Å². The third-order valence-electron chi connectivity index (χ3n) is 4.45. The molecule has 0 aliphatic heterocycles. The molecule has 0 bridgehead atoms. The van der Waals surface area contributed by atoms with E-state index in [1.165, 1.54) is 0 Å². The number of halogens is 3. The van der Waals surface area contributed by atoms with E-state index in [2.05, 4.69) is 0 Å². The highest BCUT2D eigenvalue weighted by Crippen LogP contribution is 2.35. The molecule has 0 radical (unpaired) electrons. The lowest BCUT2D eigenvalue weighted by Crippen LogP contribution is -2.39. The van der Waals surface area contributed by atoms with E-state index in [1.54, 1.807) is 13.8 Å². The van der Waals surface area contributed by atoms with Crippen LogP contribution in [0.3, 0.4) is 0 Å². The molecule has 0 aromatic heterocycles. The fraction of sp³-hybridized carbons (Fsp3) is 0.933. The lowest BCUT2D eigenvalue weighted by Gasteiger charge is -2.30. The fourth-order valence-corrected chi connectivity index (χ4v) is 2.46. The Hall–Kier alpha value is -0.780. The van der Waals surface area contributed by atoms with Gasteiger partial charge in [0.25, 0.3) is 0 Å². The van der Waals surface area contributed by atoms with Gasteiger partial charge in [0.05, 0.1) is 5.41 Å². The quantitative estimate of drug-likeness (QED) is 0.758. The van der Waals surface area contributed by atoms with Crippen LogP contribution in [0.25, 0.3) is 0 Å². The number of carbonyl (C=O) groups excluding carboxylic acids is 1. The zero-order valence-electron chi connectivity index (χ0n) is 12.9. The van der Waals surface area contributed by atoms with Gasteiger partial charge in [0.2, 0.25) is 0 Å². The summed E-state index contributed by atoms with van der Waals surface area (Å²) in [6, 6.07) is 0. The maximum atomic E-state index is 12.5. The molecule has 21 heavy (non-hydrogen) atoms. The van der Waals surface area contributed by atoms with Gasteiger partial charge >= 0.3 is 12.1 Å². The van der Waals surface area contributed by atoms with Crippen LogP contribution >= 0.6 is 0 Å². The van der Waals surface area contributed by atoms with Crippen molar-refractivity contribution in [2.24, 2.45) is 11.3 Å². The van der Waals surface area contributed by atoms with E-state index >= 15 is 0 Å². The molecule has 1 aliphatic carbocycles. The van der Waals surface area contributed by atoms with Gasteiger partial charge in [-0.1, -0.05) is 19.8 Å². The summed E-state index contributed by atoms with van der Waals surface area (Å²) in [4.78, 5) is 12.1. The molecule has 0 spiro atoms. The van der Waals surface area contributed by atoms with Gasteiger partial charge in [-0.05, 0) is 39.0 Å². The Labute approximate surface area is 123 Å². The first-order valence-electron chi connectivity index (χ1n) is 7.53. The number of hydrogen-bond acceptors (Lipinski definition) is 3. The number of esters is 1. The molecular formula is C15H25F3O3. The average molecular weight is 310 g/mol. The van der Waals surface area contributed by atoms with Crippen LogP contribution in [0.4, 0.5) is 13.2 Å². The van der Waals surface area contributed by atoms with Crippen molar-refractivity contribution in [3.8, 4) is 0 Å². The van der Waals surface area contributed by atoms with Crippen LogP contribution < -0.4 is 0 Å². The number of carbonyl (C=O) groups is 1. The lowest BCUT2D eigenvalue weighted by molar-refractivity contribution is -0.216. The summed E-state index contributed by atoms with van der Waals surface area (Å²) in [5.41, 5.74) is -0.722. The number of aliphatic hydroxyl groups excluding tert-OH is 1. The zero-order valence-corrected chi connectivity index (χ0v) is 12.9. The molecule has 2 unspecified atom stereocenters. The standard InChI is InChI=1S/C15H25F3O3/c1-4-14(2,3)13(20)21-11(10-7-5-6-8-10)9-12(19)15(16,17)18/h10-12,19H,4-9H2,1-3H3. The minimum atomic E-state index is -4.68. The minimum absolute atomic E-state index is 0.0846. The lowest BCUT2D eigenvalue weighted by atomic mass is 9.89. The van der Waals surface area contributed by atoms with Gasteiger partial charge in [0.15, 0.2) is 6.10 Å². The zero-order chi connectivity index (χ0) is 16.3. The van der Waals surface area contributed by atoms with Crippen LogP contribution in [-0.2, 0) is 9.53 Å². The molecule has 2 atom stereocenters. The summed E-state index contributed by atoms with van der Waals surface area (Å²) in [7, 11) is 0. The SMILES string of the molecule is CCC(C)(C)C(=O)OC(CC(O)C(F)(F)F)C1CCCC1. The molecule has 1 aliphatic rings. The normalized spacial score (nSPS) is 20.3. The van der Waals surface area contributed by atoms with Gasteiger partial charge in [0, 0.05) is 6.42 Å². The molecule has 1 N–H and O–H groups in total. The summed E-state index contributed by atoms with van der Waals surface area (Å²) in [6.45, 7) is 5.25. The Balaban J connectivity index is 2.76. The minimum Gasteiger partial charge on any atom is -0.462 e. The van der Waals surface area contributed by atoms with Gasteiger partial charge in [-0.3, -0.25) is 4.79 Å². The van der Waals surface area contributed by atoms with Crippen molar-refractivity contribution in [1.29, 1.82) is 0 Å². The third kappa shape index (κ3) is 5.16. The largest absolute Gasteiger partial charge is 0.462 e. The van der Waals surface area contributed by atoms with E-state index in [4.69, 9.17) is 4.74 Å². The first kappa shape index (κ1) is 18.3. The molecule has 1 rings (SSSR count). The summed E-state index contributed by atoms with van der Waals surface area (Å²) < 4.78 is 43.0. The molecule has 1 fully saturated rings. The van der Waals surface area contributed by atoms with Crippen molar-refractivity contribution in [1.82, 2.24) is 0 Å². The molecule has 0 amide bonds. The second-order valence-corrected chi connectivity index (χ2v) is 6.52. The number of rotatable bonds is 6. The van der Waals surface area contributed by atoms with Crippen molar-refractivity contribution in [2.75, 3.05) is 0 Å². The highest BCUT2D eigenvalue weighted by molar-refractivity contribution is 5.76. The maximum absolute atomic E-state index is 12.5. The van der Waals surface area contributed by atoms with E-state index in [-0.39, 0.29) is 5.92 Å². The Kier molecular flexibility index (Phi) is 6.08. The molecule has 0 aromatic rings. The Morgan fingerprint density at radius 1 is 1.29 bits per heavy atom. The molecular weight excluding hydrogens is 285 g/mol. The van der Waals surface area contributed by atoms with E-state index in [0.717, 1.165) is 25.7 Å². The van der Waals surface area contributed by atoms with Crippen LogP contribution in [0.5, 0.6) is 0 Å². The van der Waals surface area contributed by atoms with Crippen molar-refractivity contribution in [2.45, 2.75) is 77.7 Å². The molecule has 3 nitrogen and oxygen atoms in total. The van der Waals surface area contributed by atoms with Crippen LogP contribution in [0.15, 0.2) is 0 Å². The summed E-state index contributed by atoms with van der Waals surface area (Å²) >= 11 is 0. The maximum Gasteiger partial charge on any atom is 0.414 e. The Morgan fingerprint density at radius 2 is 1.81 bits per heavy atom. The highest BCUT2D eigenvalue weighted by atomic mass is 19.4. The van der Waals surface area contributed by atoms with Crippen molar-refractivity contribution in [3.05, 3.63) is 0 Å². The molecule has 0 aromatic carbocycles. The van der Waals surface area contributed by atoms with Gasteiger partial charge in [0.1, 0.15) is 6.10 Å². The monoisotopic (exact) mass is 310 g/mol. The van der Waals surface area contributed by atoms with Gasteiger partial charge in [-0.2, -0.15) is 13.2 Å². The molecule has 0 heterocycles. The fourth-order valence-electron chi connectivity index (χ4n) is 2.46. The van der Waals surface area contributed by atoms with Crippen LogP contribution in [0.2, 0.25) is 0 Å². The first-order valence-corrected chi connectivity index (χ1v) is 7.53. The highest BCUT2D eigenvalue weighted by Gasteiger charge is 2.43. The summed E-state index contributed by atoms with van der Waals surface area (Å²) in [6.07, 6.45) is -4.66. The van der Waals surface area contributed by atoms with Crippen LogP contribution in [-0.4, -0.2) is 29.5 Å². The molecule has 1 saturated carbocycles. The van der Waals surface area contributed by atoms with Gasteiger partial charge < -0.3 is 9.84 Å². The van der Waals surface area contributed by atoms with Crippen LogP contribution in [0, 0.1) is 11.3 Å². The van der Waals surface area contributed by atoms with Gasteiger partial charge in [-0.15, -0.1) is 0 Å². The van der Waals surface area contributed by atoms with E-state index in [1.807, 2.05) is 6.92 Å². The molecule has 124 valence electrons. The second kappa shape index (κ2) is 6.99. The predicted molar refractivity (Wildman–Crippen MR) is 72.6 cm³/mol. The smallest absolute Gasteiger partial charge is 0.414 e. The number of ether oxygens (including phenoxy) is 1. The van der Waals surface area contributed by atoms with Crippen molar-refractivity contribution >= 4 is 5.97 Å². The predicted octanol–water partition coefficient (Wildman–Crippen LogP) is 3.84. The number of hydrogen-bond donors (Lipinski definition) is 1. The summed E-state index contributed by atoms with van der Waals surface area (Å²) in [5, 5.41) is 9.27. The molecule has 0 saturated heterocycles. The number of alkyl halides is 3. The van der Waals surface area contributed by atoms with E-state index in [0.29, 0.717) is 6.42 Å². The van der Waals surface area contributed by atoms with Crippen molar-refractivity contribution in [3.63, 3.8) is 0 Å². The third-order valence-corrected chi connectivity index (χ3v) is 4.45. The number of aliphatic hydroxyl groups is 1. The van der Waals surface area contributed by atoms with E-state index in [9.17, 15) is 23.1 Å². The second-order valence-electron chi connectivity index (χ2n) is 6.52. The Morgan fingerprint density at radius 3 is 2.24 bits per heavy atom. The molecule has 6 heteroatoms.